The molecule has 2 aliphatic rings. The van der Waals surface area contributed by atoms with Crippen molar-refractivity contribution in [2.24, 2.45) is 11.6 Å². The lowest BCUT2D eigenvalue weighted by molar-refractivity contribution is 0.102. The lowest BCUT2D eigenvalue weighted by Gasteiger charge is -2.20. The van der Waals surface area contributed by atoms with Crippen LogP contribution in [0.2, 0.25) is 0 Å². The number of hydrogen-bond donors (Lipinski definition) is 4. The van der Waals surface area contributed by atoms with Gasteiger partial charge in [-0.3, -0.25) is 14.6 Å². The molecule has 12 heteroatoms. The number of nitrogens with zero attached hydrogens (tertiary/aromatic N) is 3. The Morgan fingerprint density at radius 1 is 1.21 bits per heavy atom. The number of benzene rings is 1. The maximum atomic E-state index is 14.3. The zero-order valence-electron chi connectivity index (χ0n) is 23.4. The standard InChI is InChI=1S/C30H35F2N7O3/c1-42-9-8-35-15-18-10-25(30(41)38(16-18)23-5-6-23)29(40)37-28-12-20(11-26(36-28)19-2-3-19)24-7-4-21(32)13-27(24)39(34)17-22(33)14-31/h4,7,10-13,16-17,19,23,35H,2-3,5-6,8-9,14-15,33-34H2,1H3,(H,36,37,40)/b22-17-. The summed E-state index contributed by atoms with van der Waals surface area (Å²) in [5.74, 6) is 5.48. The number of aromatic nitrogens is 2. The molecule has 1 aromatic carbocycles. The van der Waals surface area contributed by atoms with E-state index in [9.17, 15) is 18.4 Å². The van der Waals surface area contributed by atoms with Gasteiger partial charge in [-0.05, 0) is 73.2 Å². The van der Waals surface area contributed by atoms with E-state index in [-0.39, 0.29) is 40.3 Å². The predicted octanol–water partition coefficient (Wildman–Crippen LogP) is 3.70. The number of hydrazine groups is 1. The first-order chi connectivity index (χ1) is 20.3. The van der Waals surface area contributed by atoms with Crippen LogP contribution in [0.25, 0.3) is 11.1 Å². The average molecular weight is 580 g/mol. The normalized spacial score (nSPS) is 15.1. The number of nitrogens with two attached hydrogens (primary N) is 2. The highest BCUT2D eigenvalue weighted by atomic mass is 19.1. The molecule has 2 aliphatic carbocycles. The van der Waals surface area contributed by atoms with Crippen molar-refractivity contribution in [3.05, 3.63) is 87.5 Å². The predicted molar refractivity (Wildman–Crippen MR) is 157 cm³/mol. The number of nitrogens with one attached hydrogen (secondary N) is 2. The summed E-state index contributed by atoms with van der Waals surface area (Å²) in [5.41, 5.74) is 8.12. The second kappa shape index (κ2) is 12.8. The van der Waals surface area contributed by atoms with Gasteiger partial charge >= 0.3 is 0 Å². The number of ether oxygens (including phenoxy) is 1. The van der Waals surface area contributed by atoms with E-state index in [0.717, 1.165) is 41.9 Å². The molecule has 0 bridgehead atoms. The van der Waals surface area contributed by atoms with E-state index in [1.165, 1.54) is 18.3 Å². The lowest BCUT2D eigenvalue weighted by Crippen LogP contribution is -2.30. The highest BCUT2D eigenvalue weighted by Crippen LogP contribution is 2.42. The third-order valence-electron chi connectivity index (χ3n) is 7.19. The molecule has 0 atom stereocenters. The molecule has 3 aromatic rings. The second-order valence-electron chi connectivity index (χ2n) is 10.7. The molecule has 1 amide bonds. The van der Waals surface area contributed by atoms with Gasteiger partial charge in [0.05, 0.1) is 18.0 Å². The fourth-order valence-corrected chi connectivity index (χ4v) is 4.74. The van der Waals surface area contributed by atoms with Crippen LogP contribution in [0.15, 0.2) is 59.3 Å². The van der Waals surface area contributed by atoms with Crippen molar-refractivity contribution < 1.29 is 18.3 Å². The molecule has 0 saturated heterocycles. The van der Waals surface area contributed by atoms with Gasteiger partial charge in [-0.25, -0.2) is 19.6 Å². The van der Waals surface area contributed by atoms with Crippen molar-refractivity contribution in [3.63, 3.8) is 0 Å². The maximum absolute atomic E-state index is 14.3. The van der Waals surface area contributed by atoms with Crippen LogP contribution in [0.4, 0.5) is 20.3 Å². The number of carbonyl (C=O) groups is 1. The fourth-order valence-electron chi connectivity index (χ4n) is 4.74. The van der Waals surface area contributed by atoms with Crippen LogP contribution in [0.5, 0.6) is 0 Å². The minimum absolute atomic E-state index is 0.0237. The van der Waals surface area contributed by atoms with Crippen molar-refractivity contribution >= 4 is 17.4 Å². The van der Waals surface area contributed by atoms with E-state index in [4.69, 9.17) is 16.3 Å². The number of amides is 1. The molecular formula is C30H35F2N7O3. The number of hydrogen-bond acceptors (Lipinski definition) is 8. The molecule has 2 aromatic heterocycles. The molecule has 0 aliphatic heterocycles. The van der Waals surface area contributed by atoms with E-state index < -0.39 is 18.4 Å². The molecule has 10 nitrogen and oxygen atoms in total. The van der Waals surface area contributed by atoms with Crippen LogP contribution in [-0.2, 0) is 11.3 Å². The second-order valence-corrected chi connectivity index (χ2v) is 10.7. The summed E-state index contributed by atoms with van der Waals surface area (Å²) in [6, 6.07) is 9.27. The highest BCUT2D eigenvalue weighted by molar-refractivity contribution is 6.04. The van der Waals surface area contributed by atoms with Gasteiger partial charge in [-0.1, -0.05) is 0 Å². The number of allylic oxidation sites excluding steroid dienone is 1. The molecule has 2 saturated carbocycles. The minimum atomic E-state index is -0.914. The van der Waals surface area contributed by atoms with Gasteiger partial charge in [0.15, 0.2) is 0 Å². The summed E-state index contributed by atoms with van der Waals surface area (Å²) in [6.45, 7) is 0.726. The SMILES string of the molecule is COCCNCc1cc(C(=O)Nc2cc(-c3ccc(F)cc3N(N)/C=C(\N)CF)cc(C3CC3)n2)c(=O)n(C2CC2)c1. The molecule has 5 rings (SSSR count). The molecule has 222 valence electrons. The van der Waals surface area contributed by atoms with Crippen LogP contribution >= 0.6 is 0 Å². The Morgan fingerprint density at radius 2 is 2.00 bits per heavy atom. The van der Waals surface area contributed by atoms with Gasteiger partial charge in [0.2, 0.25) is 0 Å². The summed E-state index contributed by atoms with van der Waals surface area (Å²) in [6.07, 6.45) is 6.66. The molecule has 2 fully saturated rings. The largest absolute Gasteiger partial charge is 0.399 e. The zero-order chi connectivity index (χ0) is 29.8. The quantitative estimate of drug-likeness (QED) is 0.137. The summed E-state index contributed by atoms with van der Waals surface area (Å²) in [4.78, 5) is 31.5. The molecule has 0 spiro atoms. The molecule has 42 heavy (non-hydrogen) atoms. The number of pyridine rings is 2. The summed E-state index contributed by atoms with van der Waals surface area (Å²) in [5, 5.41) is 7.14. The van der Waals surface area contributed by atoms with Gasteiger partial charge in [0, 0.05) is 55.8 Å². The highest BCUT2D eigenvalue weighted by Gasteiger charge is 2.29. The molecule has 2 heterocycles. The van der Waals surface area contributed by atoms with E-state index in [2.05, 4.69) is 15.6 Å². The fraction of sp³-hybridized carbons (Fsp3) is 0.367. The van der Waals surface area contributed by atoms with E-state index in [0.29, 0.717) is 30.8 Å². The number of rotatable bonds is 13. The van der Waals surface area contributed by atoms with Crippen molar-refractivity contribution in [1.29, 1.82) is 0 Å². The van der Waals surface area contributed by atoms with Crippen molar-refractivity contribution in [2.45, 2.75) is 44.2 Å². The number of anilines is 2. The summed E-state index contributed by atoms with van der Waals surface area (Å²) in [7, 11) is 1.62. The van der Waals surface area contributed by atoms with E-state index in [1.54, 1.807) is 36.1 Å². The van der Waals surface area contributed by atoms with Crippen LogP contribution in [0.3, 0.4) is 0 Å². The Labute approximate surface area is 242 Å². The number of halogens is 2. The van der Waals surface area contributed by atoms with E-state index in [1.807, 2.05) is 6.07 Å². The first kappa shape index (κ1) is 29.4. The van der Waals surface area contributed by atoms with Crippen molar-refractivity contribution in [3.8, 4) is 11.1 Å². The Kier molecular flexibility index (Phi) is 8.95. The number of carbonyl (C=O) groups excluding carboxylic acids is 1. The third kappa shape index (κ3) is 7.01. The molecule has 0 unspecified atom stereocenters. The lowest BCUT2D eigenvalue weighted by atomic mass is 10.0. The molecule has 0 radical (unpaired) electrons. The summed E-state index contributed by atoms with van der Waals surface area (Å²) >= 11 is 0. The van der Waals surface area contributed by atoms with Crippen LogP contribution in [0, 0.1) is 5.82 Å². The van der Waals surface area contributed by atoms with Gasteiger partial charge < -0.3 is 25.7 Å². The van der Waals surface area contributed by atoms with Gasteiger partial charge in [0.1, 0.15) is 23.9 Å². The first-order valence-electron chi connectivity index (χ1n) is 13.9. The van der Waals surface area contributed by atoms with Crippen molar-refractivity contribution in [1.82, 2.24) is 14.9 Å². The van der Waals surface area contributed by atoms with Crippen molar-refractivity contribution in [2.75, 3.05) is 37.3 Å². The average Bonchev–Trinajstić information content (AvgIpc) is 3.89. The Morgan fingerprint density at radius 3 is 2.69 bits per heavy atom. The first-order valence-corrected chi connectivity index (χ1v) is 13.9. The third-order valence-corrected chi connectivity index (χ3v) is 7.19. The Bertz CT molecular complexity index is 1550. The molecular weight excluding hydrogens is 544 g/mol. The Balaban J connectivity index is 1.48. The monoisotopic (exact) mass is 579 g/mol. The number of methoxy groups -OCH3 is 1. The minimum Gasteiger partial charge on any atom is -0.399 e. The smallest absolute Gasteiger partial charge is 0.263 e. The zero-order valence-corrected chi connectivity index (χ0v) is 23.4. The van der Waals surface area contributed by atoms with Gasteiger partial charge in [0.25, 0.3) is 11.5 Å². The van der Waals surface area contributed by atoms with Gasteiger partial charge in [-0.15, -0.1) is 0 Å². The van der Waals surface area contributed by atoms with E-state index >= 15 is 0 Å². The summed E-state index contributed by atoms with van der Waals surface area (Å²) < 4.78 is 34.0. The molecule has 6 N–H and O–H groups in total. The Hall–Kier alpha value is -4.13. The number of alkyl halides is 1. The topological polar surface area (TPSA) is 141 Å². The maximum Gasteiger partial charge on any atom is 0.263 e. The van der Waals surface area contributed by atoms with Crippen LogP contribution in [-0.4, -0.2) is 42.4 Å². The van der Waals surface area contributed by atoms with Crippen LogP contribution < -0.4 is 32.8 Å². The van der Waals surface area contributed by atoms with Gasteiger partial charge in [-0.2, -0.15) is 0 Å². The van der Waals surface area contributed by atoms with Crippen LogP contribution in [0.1, 0.15) is 59.3 Å².